The highest BCUT2D eigenvalue weighted by atomic mass is 32.1. The first-order valence-electron chi connectivity index (χ1n) is 8.17. The largest absolute Gasteiger partial charge is 0.494 e. The van der Waals surface area contributed by atoms with Gasteiger partial charge in [-0.15, -0.1) is 11.3 Å². The van der Waals surface area contributed by atoms with Crippen LogP contribution in [0.5, 0.6) is 5.75 Å². The van der Waals surface area contributed by atoms with E-state index in [4.69, 9.17) is 9.47 Å². The molecule has 1 aromatic carbocycles. The van der Waals surface area contributed by atoms with Crippen LogP contribution in [-0.2, 0) is 9.53 Å². The van der Waals surface area contributed by atoms with Gasteiger partial charge in [-0.3, -0.25) is 14.4 Å². The average Bonchev–Trinajstić information content (AvgIpc) is 2.97. The zero-order chi connectivity index (χ0) is 19.1. The molecule has 0 atom stereocenters. The van der Waals surface area contributed by atoms with Crippen molar-refractivity contribution in [1.82, 2.24) is 5.32 Å². The van der Waals surface area contributed by atoms with Gasteiger partial charge in [-0.1, -0.05) is 0 Å². The second kappa shape index (κ2) is 9.15. The number of Topliss-reactive ketones (excluding diaryl/α,β-unsaturated/α-hetero) is 1. The lowest BCUT2D eigenvalue weighted by Crippen LogP contribution is -2.31. The minimum absolute atomic E-state index is 0.252. The first-order chi connectivity index (χ1) is 12.4. The minimum Gasteiger partial charge on any atom is -0.494 e. The van der Waals surface area contributed by atoms with Gasteiger partial charge in [0.05, 0.1) is 6.61 Å². The molecule has 2 rings (SSSR count). The molecule has 1 amide bonds. The number of nitrogens with one attached hydrogen (secondary N) is 1. The number of thiophene rings is 1. The van der Waals surface area contributed by atoms with Crippen molar-refractivity contribution in [3.05, 3.63) is 51.2 Å². The molecule has 0 aliphatic carbocycles. The molecular formula is C19H21NO5S. The molecule has 138 valence electrons. The third kappa shape index (κ3) is 5.42. The second-order valence-corrected chi connectivity index (χ2v) is 7.01. The highest BCUT2D eigenvalue weighted by molar-refractivity contribution is 7.12. The van der Waals surface area contributed by atoms with Crippen LogP contribution < -0.4 is 10.1 Å². The molecule has 0 saturated heterocycles. The van der Waals surface area contributed by atoms with Gasteiger partial charge < -0.3 is 14.8 Å². The lowest BCUT2D eigenvalue weighted by atomic mass is 10.2. The van der Waals surface area contributed by atoms with E-state index >= 15 is 0 Å². The fourth-order valence-corrected chi connectivity index (χ4v) is 3.25. The van der Waals surface area contributed by atoms with Gasteiger partial charge in [-0.25, -0.2) is 0 Å². The number of hydrogen-bond donors (Lipinski definition) is 1. The van der Waals surface area contributed by atoms with Crippen LogP contribution >= 0.6 is 11.3 Å². The SMILES string of the molecule is CCOc1ccc(C(=O)NCC(=O)OCC(=O)c2cc(C)sc2C)cc1. The average molecular weight is 375 g/mol. The number of ketones is 1. The predicted octanol–water partition coefficient (Wildman–Crippen LogP) is 2.92. The summed E-state index contributed by atoms with van der Waals surface area (Å²) in [6, 6.07) is 8.36. The number of hydrogen-bond acceptors (Lipinski definition) is 6. The van der Waals surface area contributed by atoms with Crippen LogP contribution in [0, 0.1) is 13.8 Å². The quantitative estimate of drug-likeness (QED) is 0.567. The minimum atomic E-state index is -0.665. The lowest BCUT2D eigenvalue weighted by Gasteiger charge is -2.07. The summed E-state index contributed by atoms with van der Waals surface area (Å²) < 4.78 is 10.2. The third-order valence-electron chi connectivity index (χ3n) is 3.53. The number of benzene rings is 1. The summed E-state index contributed by atoms with van der Waals surface area (Å²) in [5.41, 5.74) is 0.973. The molecule has 6 nitrogen and oxygen atoms in total. The Hall–Kier alpha value is -2.67. The fraction of sp³-hybridized carbons (Fsp3) is 0.316. The Morgan fingerprint density at radius 1 is 1.12 bits per heavy atom. The maximum absolute atomic E-state index is 12.1. The third-order valence-corrected chi connectivity index (χ3v) is 4.49. The summed E-state index contributed by atoms with van der Waals surface area (Å²) in [4.78, 5) is 37.7. The number of carbonyl (C=O) groups is 3. The fourth-order valence-electron chi connectivity index (χ4n) is 2.31. The van der Waals surface area contributed by atoms with Gasteiger partial charge in [0.25, 0.3) is 5.91 Å². The Kier molecular flexibility index (Phi) is 6.91. The molecule has 0 radical (unpaired) electrons. The van der Waals surface area contributed by atoms with Crippen LogP contribution in [0.2, 0.25) is 0 Å². The molecular weight excluding hydrogens is 354 g/mol. The first kappa shape index (κ1) is 19.7. The van der Waals surface area contributed by atoms with Crippen molar-refractivity contribution in [2.24, 2.45) is 0 Å². The standard InChI is InChI=1S/C19H21NO5S/c1-4-24-15-7-5-14(6-8-15)19(23)20-10-18(22)25-11-17(21)16-9-12(2)26-13(16)3/h5-9H,4,10-11H2,1-3H3,(H,20,23). The molecule has 0 bridgehead atoms. The van der Waals surface area contributed by atoms with Crippen molar-refractivity contribution in [3.8, 4) is 5.75 Å². The van der Waals surface area contributed by atoms with Gasteiger partial charge in [0.15, 0.2) is 6.61 Å². The molecule has 0 aliphatic heterocycles. The zero-order valence-electron chi connectivity index (χ0n) is 15.0. The van der Waals surface area contributed by atoms with E-state index in [1.165, 1.54) is 11.3 Å². The Balaban J connectivity index is 1.78. The summed E-state index contributed by atoms with van der Waals surface area (Å²) in [5.74, 6) is -0.651. The van der Waals surface area contributed by atoms with Gasteiger partial charge >= 0.3 is 5.97 Å². The summed E-state index contributed by atoms with van der Waals surface area (Å²) in [6.45, 7) is 5.54. The smallest absolute Gasteiger partial charge is 0.325 e. The summed E-state index contributed by atoms with van der Waals surface area (Å²) >= 11 is 1.52. The Morgan fingerprint density at radius 3 is 2.38 bits per heavy atom. The van der Waals surface area contributed by atoms with Crippen molar-refractivity contribution >= 4 is 29.0 Å². The molecule has 26 heavy (non-hydrogen) atoms. The van der Waals surface area contributed by atoms with Gasteiger partial charge in [0.2, 0.25) is 5.78 Å². The van der Waals surface area contributed by atoms with Crippen LogP contribution in [-0.4, -0.2) is 37.4 Å². The van der Waals surface area contributed by atoms with Gasteiger partial charge in [0.1, 0.15) is 12.3 Å². The topological polar surface area (TPSA) is 81.7 Å². The monoisotopic (exact) mass is 375 g/mol. The Bertz CT molecular complexity index is 795. The van der Waals surface area contributed by atoms with Crippen molar-refractivity contribution < 1.29 is 23.9 Å². The van der Waals surface area contributed by atoms with Crippen molar-refractivity contribution in [2.45, 2.75) is 20.8 Å². The molecule has 0 unspecified atom stereocenters. The van der Waals surface area contributed by atoms with Gasteiger partial charge in [0, 0.05) is 20.9 Å². The summed E-state index contributed by atoms with van der Waals surface area (Å²) in [7, 11) is 0. The van der Waals surface area contributed by atoms with Crippen LogP contribution in [0.15, 0.2) is 30.3 Å². The number of amides is 1. The Labute approximate surface area is 156 Å². The molecule has 1 heterocycles. The predicted molar refractivity (Wildman–Crippen MR) is 99.0 cm³/mol. The van der Waals surface area contributed by atoms with Crippen molar-refractivity contribution in [2.75, 3.05) is 19.8 Å². The number of ether oxygens (including phenoxy) is 2. The van der Waals surface area contributed by atoms with Crippen LogP contribution in [0.3, 0.4) is 0 Å². The maximum atomic E-state index is 12.1. The summed E-state index contributed by atoms with van der Waals surface area (Å²) in [6.07, 6.45) is 0. The Morgan fingerprint density at radius 2 is 1.81 bits per heavy atom. The van der Waals surface area contributed by atoms with Crippen LogP contribution in [0.25, 0.3) is 0 Å². The number of rotatable bonds is 8. The van der Waals surface area contributed by atoms with E-state index in [9.17, 15) is 14.4 Å². The highest BCUT2D eigenvalue weighted by Crippen LogP contribution is 2.21. The van der Waals surface area contributed by atoms with Crippen LogP contribution in [0.1, 0.15) is 37.4 Å². The molecule has 0 saturated carbocycles. The van der Waals surface area contributed by atoms with Gasteiger partial charge in [-0.05, 0) is 51.1 Å². The molecule has 2 aromatic rings. The second-order valence-electron chi connectivity index (χ2n) is 5.55. The molecule has 1 aromatic heterocycles. The van der Waals surface area contributed by atoms with Crippen molar-refractivity contribution in [1.29, 1.82) is 0 Å². The first-order valence-corrected chi connectivity index (χ1v) is 8.99. The van der Waals surface area contributed by atoms with Crippen molar-refractivity contribution in [3.63, 3.8) is 0 Å². The number of aryl methyl sites for hydroxylation is 2. The van der Waals surface area contributed by atoms with E-state index in [1.807, 2.05) is 20.8 Å². The van der Waals surface area contributed by atoms with Gasteiger partial charge in [-0.2, -0.15) is 0 Å². The van der Waals surface area contributed by atoms with E-state index in [-0.39, 0.29) is 18.9 Å². The molecule has 0 aliphatic rings. The van der Waals surface area contributed by atoms with E-state index in [1.54, 1.807) is 30.3 Å². The zero-order valence-corrected chi connectivity index (χ0v) is 15.8. The molecule has 0 fully saturated rings. The van der Waals surface area contributed by atoms with E-state index < -0.39 is 11.9 Å². The molecule has 0 spiro atoms. The maximum Gasteiger partial charge on any atom is 0.325 e. The van der Waals surface area contributed by atoms with E-state index in [2.05, 4.69) is 5.32 Å². The van der Waals surface area contributed by atoms with E-state index in [0.717, 1.165) is 9.75 Å². The lowest BCUT2D eigenvalue weighted by molar-refractivity contribution is -0.141. The molecule has 1 N–H and O–H groups in total. The number of carbonyl (C=O) groups excluding carboxylic acids is 3. The highest BCUT2D eigenvalue weighted by Gasteiger charge is 2.15. The summed E-state index contributed by atoms with van der Waals surface area (Å²) in [5, 5.41) is 2.47. The number of esters is 1. The normalized spacial score (nSPS) is 10.3. The molecule has 7 heteroatoms. The van der Waals surface area contributed by atoms with E-state index in [0.29, 0.717) is 23.5 Å². The van der Waals surface area contributed by atoms with Crippen LogP contribution in [0.4, 0.5) is 0 Å².